The maximum Gasteiger partial charge on any atom is 0.255 e. The van der Waals surface area contributed by atoms with Gasteiger partial charge < -0.3 is 15.7 Å². The Kier molecular flexibility index (Phi) is 6.97. The lowest BCUT2D eigenvalue weighted by Crippen LogP contribution is -2.13. The summed E-state index contributed by atoms with van der Waals surface area (Å²) >= 11 is 2.65. The zero-order chi connectivity index (χ0) is 23.4. The number of thioether (sulfide) groups is 1. The number of fused-ring (bicyclic) bond motifs is 1. The number of amides is 2. The second kappa shape index (κ2) is 10.1. The molecule has 1 aromatic heterocycles. The molecule has 0 saturated heterocycles. The van der Waals surface area contributed by atoms with Crippen LogP contribution in [0.5, 0.6) is 0 Å². The number of benzene rings is 3. The molecule has 3 N–H and O–H groups in total. The van der Waals surface area contributed by atoms with Gasteiger partial charge in [0.05, 0.1) is 22.6 Å². The maximum absolute atomic E-state index is 13.8. The SMILES string of the molecule is O=C(CSc1nc2ccc(NC(=O)c3ccc(CO)c(F)c3)cc2s1)Nc1ccc(F)cc1. The maximum atomic E-state index is 13.8. The van der Waals surface area contributed by atoms with Gasteiger partial charge in [0.15, 0.2) is 4.34 Å². The van der Waals surface area contributed by atoms with Crippen LogP contribution in [-0.4, -0.2) is 27.7 Å². The second-order valence-corrected chi connectivity index (χ2v) is 9.18. The van der Waals surface area contributed by atoms with E-state index in [2.05, 4.69) is 15.6 Å². The molecule has 33 heavy (non-hydrogen) atoms. The lowest BCUT2D eigenvalue weighted by molar-refractivity contribution is -0.113. The van der Waals surface area contributed by atoms with E-state index < -0.39 is 18.3 Å². The number of nitrogens with one attached hydrogen (secondary N) is 2. The van der Waals surface area contributed by atoms with Crippen LogP contribution in [0.3, 0.4) is 0 Å². The highest BCUT2D eigenvalue weighted by Crippen LogP contribution is 2.31. The number of hydrogen-bond donors (Lipinski definition) is 3. The van der Waals surface area contributed by atoms with Gasteiger partial charge in [0.1, 0.15) is 11.6 Å². The van der Waals surface area contributed by atoms with E-state index in [-0.39, 0.29) is 28.6 Å². The summed E-state index contributed by atoms with van der Waals surface area (Å²) in [4.78, 5) is 29.0. The summed E-state index contributed by atoms with van der Waals surface area (Å²) in [5.74, 6) is -1.60. The highest BCUT2D eigenvalue weighted by atomic mass is 32.2. The molecule has 168 valence electrons. The fraction of sp³-hybridized carbons (Fsp3) is 0.0870. The van der Waals surface area contributed by atoms with Crippen LogP contribution >= 0.6 is 23.1 Å². The van der Waals surface area contributed by atoms with E-state index in [0.717, 1.165) is 16.3 Å². The molecular weight excluding hydrogens is 468 g/mol. The Morgan fingerprint density at radius 2 is 1.73 bits per heavy atom. The summed E-state index contributed by atoms with van der Waals surface area (Å²) in [6.07, 6.45) is 0. The van der Waals surface area contributed by atoms with Crippen molar-refractivity contribution in [3.63, 3.8) is 0 Å². The van der Waals surface area contributed by atoms with Gasteiger partial charge in [0, 0.05) is 22.5 Å². The van der Waals surface area contributed by atoms with E-state index in [1.54, 1.807) is 18.2 Å². The quantitative estimate of drug-likeness (QED) is 0.319. The molecule has 3 aromatic carbocycles. The number of aliphatic hydroxyl groups is 1. The van der Waals surface area contributed by atoms with Crippen LogP contribution in [-0.2, 0) is 11.4 Å². The third-order valence-electron chi connectivity index (χ3n) is 4.57. The minimum Gasteiger partial charge on any atom is -0.392 e. The van der Waals surface area contributed by atoms with Crippen LogP contribution in [0.4, 0.5) is 20.2 Å². The molecule has 0 radical (unpaired) electrons. The first-order chi connectivity index (χ1) is 15.9. The van der Waals surface area contributed by atoms with E-state index in [4.69, 9.17) is 5.11 Å². The summed E-state index contributed by atoms with van der Waals surface area (Å²) in [6.45, 7) is -0.440. The van der Waals surface area contributed by atoms with Crippen LogP contribution in [0, 0.1) is 11.6 Å². The van der Waals surface area contributed by atoms with Crippen molar-refractivity contribution in [3.05, 3.63) is 83.4 Å². The Hall–Kier alpha value is -3.34. The van der Waals surface area contributed by atoms with E-state index in [1.165, 1.54) is 59.5 Å². The number of aromatic nitrogens is 1. The van der Waals surface area contributed by atoms with Crippen molar-refractivity contribution in [3.8, 4) is 0 Å². The van der Waals surface area contributed by atoms with Gasteiger partial charge in [-0.3, -0.25) is 9.59 Å². The van der Waals surface area contributed by atoms with Gasteiger partial charge in [-0.05, 0) is 54.6 Å². The molecule has 2 amide bonds. The van der Waals surface area contributed by atoms with Crippen molar-refractivity contribution in [2.24, 2.45) is 0 Å². The van der Waals surface area contributed by atoms with Crippen LogP contribution in [0.25, 0.3) is 10.2 Å². The molecule has 0 atom stereocenters. The number of aliphatic hydroxyl groups excluding tert-OH is 1. The number of carbonyl (C=O) groups is 2. The highest BCUT2D eigenvalue weighted by molar-refractivity contribution is 8.01. The second-order valence-electron chi connectivity index (χ2n) is 6.92. The standard InChI is InChI=1S/C23H17F2N3O3S2/c24-15-3-5-16(6-4-15)26-21(30)12-32-23-28-19-8-7-17(10-20(19)33-23)27-22(31)13-1-2-14(11-29)18(25)9-13/h1-10,29H,11-12H2,(H,26,30)(H,27,31). The molecule has 0 aliphatic heterocycles. The third kappa shape index (κ3) is 5.72. The highest BCUT2D eigenvalue weighted by Gasteiger charge is 2.12. The Balaban J connectivity index is 1.38. The summed E-state index contributed by atoms with van der Waals surface area (Å²) in [5, 5.41) is 14.5. The predicted octanol–water partition coefficient (Wildman–Crippen LogP) is 5.05. The first kappa shape index (κ1) is 22.8. The predicted molar refractivity (Wildman–Crippen MR) is 126 cm³/mol. The zero-order valence-electron chi connectivity index (χ0n) is 17.0. The van der Waals surface area contributed by atoms with Gasteiger partial charge in [0.2, 0.25) is 5.91 Å². The molecule has 10 heteroatoms. The lowest BCUT2D eigenvalue weighted by Gasteiger charge is -2.06. The van der Waals surface area contributed by atoms with E-state index in [0.29, 0.717) is 15.7 Å². The summed E-state index contributed by atoms with van der Waals surface area (Å²) in [5.41, 5.74) is 2.01. The Bertz CT molecular complexity index is 1330. The molecule has 0 aliphatic carbocycles. The van der Waals surface area contributed by atoms with Gasteiger partial charge in [-0.15, -0.1) is 11.3 Å². The zero-order valence-corrected chi connectivity index (χ0v) is 18.6. The molecule has 1 heterocycles. The number of carbonyl (C=O) groups excluding carboxylic acids is 2. The molecule has 0 spiro atoms. The first-order valence-electron chi connectivity index (χ1n) is 9.71. The molecule has 4 aromatic rings. The molecule has 0 fully saturated rings. The average molecular weight is 486 g/mol. The number of hydrogen-bond acceptors (Lipinski definition) is 6. The summed E-state index contributed by atoms with van der Waals surface area (Å²) in [6, 6.07) is 14.6. The molecular formula is C23H17F2N3O3S2. The summed E-state index contributed by atoms with van der Waals surface area (Å²) in [7, 11) is 0. The average Bonchev–Trinajstić information content (AvgIpc) is 3.21. The molecule has 0 unspecified atom stereocenters. The minimum atomic E-state index is -0.645. The topological polar surface area (TPSA) is 91.3 Å². The van der Waals surface area contributed by atoms with Crippen molar-refractivity contribution < 1.29 is 23.5 Å². The Morgan fingerprint density at radius 3 is 2.45 bits per heavy atom. The van der Waals surface area contributed by atoms with Crippen molar-refractivity contribution in [2.45, 2.75) is 10.9 Å². The van der Waals surface area contributed by atoms with E-state index in [9.17, 15) is 18.4 Å². The van der Waals surface area contributed by atoms with Gasteiger partial charge in [-0.25, -0.2) is 13.8 Å². The first-order valence-corrected chi connectivity index (χ1v) is 11.5. The number of rotatable bonds is 7. The Labute approximate surface area is 195 Å². The van der Waals surface area contributed by atoms with Crippen molar-refractivity contribution >= 4 is 56.5 Å². The van der Waals surface area contributed by atoms with Crippen LogP contribution < -0.4 is 10.6 Å². The van der Waals surface area contributed by atoms with Gasteiger partial charge in [-0.1, -0.05) is 17.8 Å². The molecule has 0 aliphatic rings. The largest absolute Gasteiger partial charge is 0.392 e. The van der Waals surface area contributed by atoms with E-state index >= 15 is 0 Å². The fourth-order valence-electron chi connectivity index (χ4n) is 2.92. The van der Waals surface area contributed by atoms with Crippen molar-refractivity contribution in [1.82, 2.24) is 4.98 Å². The van der Waals surface area contributed by atoms with Gasteiger partial charge >= 0.3 is 0 Å². The Morgan fingerprint density at radius 1 is 0.970 bits per heavy atom. The van der Waals surface area contributed by atoms with Crippen molar-refractivity contribution in [1.29, 1.82) is 0 Å². The number of nitrogens with zero attached hydrogens (tertiary/aromatic N) is 1. The third-order valence-corrected chi connectivity index (χ3v) is 6.73. The van der Waals surface area contributed by atoms with E-state index in [1.807, 2.05) is 0 Å². The lowest BCUT2D eigenvalue weighted by atomic mass is 10.1. The molecule has 0 saturated carbocycles. The van der Waals surface area contributed by atoms with Gasteiger partial charge in [-0.2, -0.15) is 0 Å². The number of halogens is 2. The van der Waals surface area contributed by atoms with Crippen LogP contribution in [0.1, 0.15) is 15.9 Å². The fourth-order valence-corrected chi connectivity index (χ4v) is 4.83. The normalized spacial score (nSPS) is 10.9. The monoisotopic (exact) mass is 485 g/mol. The van der Waals surface area contributed by atoms with Gasteiger partial charge in [0.25, 0.3) is 5.91 Å². The molecule has 4 rings (SSSR count). The molecule has 6 nitrogen and oxygen atoms in total. The summed E-state index contributed by atoms with van der Waals surface area (Å²) < 4.78 is 28.3. The number of anilines is 2. The smallest absolute Gasteiger partial charge is 0.255 e. The van der Waals surface area contributed by atoms with Crippen molar-refractivity contribution in [2.75, 3.05) is 16.4 Å². The molecule has 0 bridgehead atoms. The van der Waals surface area contributed by atoms with Crippen LogP contribution in [0.15, 0.2) is 65.0 Å². The number of thiazole rings is 1. The minimum absolute atomic E-state index is 0.119. The van der Waals surface area contributed by atoms with Crippen LogP contribution in [0.2, 0.25) is 0 Å².